The molecule has 0 atom stereocenters. The molecule has 106 valence electrons. The molecule has 0 unspecified atom stereocenters. The lowest BCUT2D eigenvalue weighted by molar-refractivity contribution is 0.282. The van der Waals surface area contributed by atoms with Crippen molar-refractivity contribution in [3.05, 3.63) is 47.8 Å². The van der Waals surface area contributed by atoms with Gasteiger partial charge in [0.25, 0.3) is 0 Å². The SMILES string of the molecule is COc1cc(CNc2cnccc2CO)cc(OC)c1. The molecule has 1 aromatic carbocycles. The highest BCUT2D eigenvalue weighted by Gasteiger charge is 2.04. The summed E-state index contributed by atoms with van der Waals surface area (Å²) < 4.78 is 10.5. The topological polar surface area (TPSA) is 63.6 Å². The molecule has 2 N–H and O–H groups in total. The minimum absolute atomic E-state index is 0.0215. The number of ether oxygens (including phenoxy) is 2. The third kappa shape index (κ3) is 3.39. The maximum absolute atomic E-state index is 9.27. The lowest BCUT2D eigenvalue weighted by Gasteiger charge is -2.12. The van der Waals surface area contributed by atoms with Crippen molar-refractivity contribution >= 4 is 5.69 Å². The third-order valence-electron chi connectivity index (χ3n) is 2.98. The van der Waals surface area contributed by atoms with Crippen LogP contribution >= 0.6 is 0 Å². The fourth-order valence-corrected chi connectivity index (χ4v) is 1.89. The van der Waals surface area contributed by atoms with E-state index in [0.29, 0.717) is 6.54 Å². The molecule has 0 aliphatic rings. The highest BCUT2D eigenvalue weighted by atomic mass is 16.5. The number of nitrogens with zero attached hydrogens (tertiary/aromatic N) is 1. The summed E-state index contributed by atoms with van der Waals surface area (Å²) in [5.41, 5.74) is 2.65. The van der Waals surface area contributed by atoms with Gasteiger partial charge >= 0.3 is 0 Å². The molecule has 5 nitrogen and oxygen atoms in total. The predicted molar refractivity (Wildman–Crippen MR) is 77.0 cm³/mol. The van der Waals surface area contributed by atoms with E-state index in [0.717, 1.165) is 28.3 Å². The van der Waals surface area contributed by atoms with Gasteiger partial charge in [-0.15, -0.1) is 0 Å². The Hall–Kier alpha value is -2.27. The Labute approximate surface area is 118 Å². The van der Waals surface area contributed by atoms with Gasteiger partial charge in [0.15, 0.2) is 0 Å². The summed E-state index contributed by atoms with van der Waals surface area (Å²) in [6.07, 6.45) is 3.36. The molecule has 0 bridgehead atoms. The number of rotatable bonds is 6. The van der Waals surface area contributed by atoms with Crippen molar-refractivity contribution in [2.45, 2.75) is 13.2 Å². The summed E-state index contributed by atoms with van der Waals surface area (Å²) in [6.45, 7) is 0.568. The zero-order valence-electron chi connectivity index (χ0n) is 11.6. The van der Waals surface area contributed by atoms with Crippen LogP contribution in [0.5, 0.6) is 11.5 Å². The zero-order valence-corrected chi connectivity index (χ0v) is 11.6. The highest BCUT2D eigenvalue weighted by molar-refractivity contribution is 5.49. The molecule has 2 rings (SSSR count). The van der Waals surface area contributed by atoms with Crippen molar-refractivity contribution in [2.24, 2.45) is 0 Å². The van der Waals surface area contributed by atoms with Crippen LogP contribution in [0.15, 0.2) is 36.7 Å². The van der Waals surface area contributed by atoms with Crippen molar-refractivity contribution in [3.8, 4) is 11.5 Å². The Bertz CT molecular complexity index is 551. The Morgan fingerprint density at radius 2 is 1.85 bits per heavy atom. The number of pyridine rings is 1. The van der Waals surface area contributed by atoms with Gasteiger partial charge in [0.05, 0.1) is 32.7 Å². The number of aromatic nitrogens is 1. The van der Waals surface area contributed by atoms with E-state index in [-0.39, 0.29) is 6.61 Å². The molecule has 5 heteroatoms. The largest absolute Gasteiger partial charge is 0.497 e. The van der Waals surface area contributed by atoms with Crippen molar-refractivity contribution in [2.75, 3.05) is 19.5 Å². The molecule has 0 amide bonds. The summed E-state index contributed by atoms with van der Waals surface area (Å²) in [5.74, 6) is 1.49. The molecule has 0 spiro atoms. The van der Waals surface area contributed by atoms with Gasteiger partial charge in [0.1, 0.15) is 11.5 Å². The molecule has 0 radical (unpaired) electrons. The third-order valence-corrected chi connectivity index (χ3v) is 2.98. The van der Waals surface area contributed by atoms with Crippen LogP contribution in [-0.2, 0) is 13.2 Å². The Morgan fingerprint density at radius 3 is 2.45 bits per heavy atom. The van der Waals surface area contributed by atoms with Crippen LogP contribution < -0.4 is 14.8 Å². The van der Waals surface area contributed by atoms with Crippen molar-refractivity contribution < 1.29 is 14.6 Å². The highest BCUT2D eigenvalue weighted by Crippen LogP contribution is 2.23. The first kappa shape index (κ1) is 14.1. The first-order valence-corrected chi connectivity index (χ1v) is 6.26. The van der Waals surface area contributed by atoms with E-state index >= 15 is 0 Å². The minimum Gasteiger partial charge on any atom is -0.497 e. The minimum atomic E-state index is -0.0215. The fourth-order valence-electron chi connectivity index (χ4n) is 1.89. The second-order valence-corrected chi connectivity index (χ2v) is 4.27. The Morgan fingerprint density at radius 1 is 1.15 bits per heavy atom. The molecule has 20 heavy (non-hydrogen) atoms. The van der Waals surface area contributed by atoms with Gasteiger partial charge in [-0.2, -0.15) is 0 Å². The number of aliphatic hydroxyl groups is 1. The standard InChI is InChI=1S/C15H18N2O3/c1-19-13-5-11(6-14(7-13)20-2)8-17-15-9-16-4-3-12(15)10-18/h3-7,9,17-18H,8,10H2,1-2H3. The fraction of sp³-hybridized carbons (Fsp3) is 0.267. The van der Waals surface area contributed by atoms with Gasteiger partial charge < -0.3 is 19.9 Å². The van der Waals surface area contributed by atoms with Gasteiger partial charge in [0, 0.05) is 24.4 Å². The number of methoxy groups -OCH3 is 2. The molecule has 1 aromatic heterocycles. The van der Waals surface area contributed by atoms with Crippen LogP contribution in [0.4, 0.5) is 5.69 Å². The Balaban J connectivity index is 2.14. The normalized spacial score (nSPS) is 10.2. The summed E-state index contributed by atoms with van der Waals surface area (Å²) in [7, 11) is 3.24. The summed E-state index contributed by atoms with van der Waals surface area (Å²) in [6, 6.07) is 7.48. The maximum Gasteiger partial charge on any atom is 0.122 e. The molecular formula is C15H18N2O3. The number of benzene rings is 1. The van der Waals surface area contributed by atoms with E-state index in [1.165, 1.54) is 0 Å². The summed E-state index contributed by atoms with van der Waals surface area (Å²) in [4.78, 5) is 4.05. The average molecular weight is 274 g/mol. The summed E-state index contributed by atoms with van der Waals surface area (Å²) in [5, 5.41) is 12.5. The van der Waals surface area contributed by atoms with E-state index < -0.39 is 0 Å². The molecule has 2 aromatic rings. The average Bonchev–Trinajstić information content (AvgIpc) is 2.52. The maximum atomic E-state index is 9.27. The van der Waals surface area contributed by atoms with Gasteiger partial charge in [0.2, 0.25) is 0 Å². The zero-order chi connectivity index (χ0) is 14.4. The number of nitrogens with one attached hydrogen (secondary N) is 1. The van der Waals surface area contributed by atoms with Crippen molar-refractivity contribution in [1.29, 1.82) is 0 Å². The number of aliphatic hydroxyl groups excluding tert-OH is 1. The number of anilines is 1. The Kier molecular flexibility index (Phi) is 4.79. The second kappa shape index (κ2) is 6.77. The van der Waals surface area contributed by atoms with Crippen LogP contribution in [0, 0.1) is 0 Å². The lowest BCUT2D eigenvalue weighted by atomic mass is 10.2. The monoisotopic (exact) mass is 274 g/mol. The molecule has 0 fully saturated rings. The summed E-state index contributed by atoms with van der Waals surface area (Å²) >= 11 is 0. The molecule has 0 aliphatic heterocycles. The van der Waals surface area contributed by atoms with Crippen LogP contribution in [-0.4, -0.2) is 24.3 Å². The molecule has 1 heterocycles. The van der Waals surface area contributed by atoms with Crippen molar-refractivity contribution in [3.63, 3.8) is 0 Å². The first-order chi connectivity index (χ1) is 9.76. The van der Waals surface area contributed by atoms with E-state index in [1.54, 1.807) is 32.7 Å². The van der Waals surface area contributed by atoms with Gasteiger partial charge in [-0.1, -0.05) is 0 Å². The molecule has 0 saturated carbocycles. The van der Waals surface area contributed by atoms with Crippen LogP contribution in [0.2, 0.25) is 0 Å². The quantitative estimate of drug-likeness (QED) is 0.845. The second-order valence-electron chi connectivity index (χ2n) is 4.27. The molecular weight excluding hydrogens is 256 g/mol. The smallest absolute Gasteiger partial charge is 0.122 e. The first-order valence-electron chi connectivity index (χ1n) is 6.26. The molecule has 0 saturated heterocycles. The van der Waals surface area contributed by atoms with E-state index in [2.05, 4.69) is 10.3 Å². The lowest BCUT2D eigenvalue weighted by Crippen LogP contribution is -2.03. The van der Waals surface area contributed by atoms with Crippen molar-refractivity contribution in [1.82, 2.24) is 4.98 Å². The van der Waals surface area contributed by atoms with Gasteiger partial charge in [-0.25, -0.2) is 0 Å². The molecule has 0 aliphatic carbocycles. The van der Waals surface area contributed by atoms with Gasteiger partial charge in [-0.3, -0.25) is 4.98 Å². The van der Waals surface area contributed by atoms with E-state index in [1.807, 2.05) is 18.2 Å². The van der Waals surface area contributed by atoms with Gasteiger partial charge in [-0.05, 0) is 23.8 Å². The van der Waals surface area contributed by atoms with Crippen LogP contribution in [0.25, 0.3) is 0 Å². The van der Waals surface area contributed by atoms with E-state index in [9.17, 15) is 5.11 Å². The van der Waals surface area contributed by atoms with Crippen LogP contribution in [0.1, 0.15) is 11.1 Å². The van der Waals surface area contributed by atoms with Crippen LogP contribution in [0.3, 0.4) is 0 Å². The predicted octanol–water partition coefficient (Wildman–Crippen LogP) is 2.20. The van der Waals surface area contributed by atoms with E-state index in [4.69, 9.17) is 9.47 Å². The number of hydrogen-bond donors (Lipinski definition) is 2. The number of hydrogen-bond acceptors (Lipinski definition) is 5.